The van der Waals surface area contributed by atoms with Crippen LogP contribution in [0.1, 0.15) is 50.4 Å². The van der Waals surface area contributed by atoms with Crippen molar-refractivity contribution in [2.24, 2.45) is 0 Å². The molecular formula is C17H28N2O2. The Kier molecular flexibility index (Phi) is 6.00. The molecular weight excluding hydrogens is 264 g/mol. The second kappa shape index (κ2) is 7.76. The Morgan fingerprint density at radius 2 is 2.05 bits per heavy atom. The molecule has 1 unspecified atom stereocenters. The first-order valence-corrected chi connectivity index (χ1v) is 7.99. The molecule has 1 aliphatic heterocycles. The number of rotatable bonds is 6. The van der Waals surface area contributed by atoms with Crippen LogP contribution in [-0.2, 0) is 11.3 Å². The molecule has 118 valence electrons. The van der Waals surface area contributed by atoms with Crippen molar-refractivity contribution in [1.29, 1.82) is 0 Å². The van der Waals surface area contributed by atoms with Crippen LogP contribution in [0, 0.1) is 0 Å². The highest BCUT2D eigenvalue weighted by Gasteiger charge is 2.18. The Labute approximate surface area is 128 Å². The third kappa shape index (κ3) is 4.68. The first-order valence-electron chi connectivity index (χ1n) is 7.99. The van der Waals surface area contributed by atoms with Gasteiger partial charge in [0.15, 0.2) is 0 Å². The molecule has 0 amide bonds. The van der Waals surface area contributed by atoms with Crippen molar-refractivity contribution in [2.75, 3.05) is 27.3 Å². The molecule has 0 spiro atoms. The van der Waals surface area contributed by atoms with Gasteiger partial charge in [-0.15, -0.1) is 0 Å². The smallest absolute Gasteiger partial charge is 0.142 e. The minimum absolute atomic E-state index is 0.260. The molecule has 1 saturated heterocycles. The SMILES string of the molecule is CCC(C)c1ccc(OC2CCOCC2)c(CN(C)C)n1. The van der Waals surface area contributed by atoms with Crippen LogP contribution >= 0.6 is 0 Å². The van der Waals surface area contributed by atoms with Gasteiger partial charge in [-0.05, 0) is 38.6 Å². The summed E-state index contributed by atoms with van der Waals surface area (Å²) in [5.74, 6) is 1.42. The lowest BCUT2D eigenvalue weighted by Gasteiger charge is -2.25. The van der Waals surface area contributed by atoms with Gasteiger partial charge in [-0.2, -0.15) is 0 Å². The molecule has 1 aromatic rings. The number of hydrogen-bond acceptors (Lipinski definition) is 4. The first kappa shape index (κ1) is 16.2. The molecule has 1 aromatic heterocycles. The Balaban J connectivity index is 2.17. The van der Waals surface area contributed by atoms with Gasteiger partial charge in [0.1, 0.15) is 11.9 Å². The molecule has 1 aliphatic rings. The van der Waals surface area contributed by atoms with Gasteiger partial charge < -0.3 is 14.4 Å². The van der Waals surface area contributed by atoms with E-state index in [2.05, 4.69) is 45.0 Å². The Hall–Kier alpha value is -1.13. The average molecular weight is 292 g/mol. The van der Waals surface area contributed by atoms with Crippen LogP contribution in [0.2, 0.25) is 0 Å². The van der Waals surface area contributed by atoms with Crippen molar-refractivity contribution < 1.29 is 9.47 Å². The maximum atomic E-state index is 6.19. The number of nitrogens with zero attached hydrogens (tertiary/aromatic N) is 2. The standard InChI is InChI=1S/C17H28N2O2/c1-5-13(2)15-6-7-17(16(18-15)12-19(3)4)21-14-8-10-20-11-9-14/h6-7,13-14H,5,8-12H2,1-4H3. The maximum Gasteiger partial charge on any atom is 0.142 e. The summed E-state index contributed by atoms with van der Waals surface area (Å²) < 4.78 is 11.6. The van der Waals surface area contributed by atoms with Crippen molar-refractivity contribution >= 4 is 0 Å². The van der Waals surface area contributed by atoms with Crippen LogP contribution < -0.4 is 4.74 Å². The van der Waals surface area contributed by atoms with Gasteiger partial charge in [-0.3, -0.25) is 4.98 Å². The predicted octanol–water partition coefficient (Wildman–Crippen LogP) is 3.21. The molecule has 2 rings (SSSR count). The van der Waals surface area contributed by atoms with Crippen LogP contribution in [0.15, 0.2) is 12.1 Å². The van der Waals surface area contributed by atoms with E-state index in [-0.39, 0.29) is 6.10 Å². The fourth-order valence-corrected chi connectivity index (χ4v) is 2.48. The molecule has 0 aromatic carbocycles. The molecule has 4 nitrogen and oxygen atoms in total. The quantitative estimate of drug-likeness (QED) is 0.806. The van der Waals surface area contributed by atoms with Crippen LogP contribution in [0.3, 0.4) is 0 Å². The van der Waals surface area contributed by atoms with E-state index in [4.69, 9.17) is 14.5 Å². The van der Waals surface area contributed by atoms with Crippen LogP contribution in [0.25, 0.3) is 0 Å². The Morgan fingerprint density at radius 3 is 2.67 bits per heavy atom. The number of hydrogen-bond donors (Lipinski definition) is 0. The molecule has 0 radical (unpaired) electrons. The maximum absolute atomic E-state index is 6.19. The normalized spacial score (nSPS) is 18.0. The van der Waals surface area contributed by atoms with Gasteiger partial charge in [0.05, 0.1) is 18.9 Å². The largest absolute Gasteiger partial charge is 0.488 e. The summed E-state index contributed by atoms with van der Waals surface area (Å²) in [6.07, 6.45) is 3.30. The van der Waals surface area contributed by atoms with Crippen molar-refractivity contribution in [3.63, 3.8) is 0 Å². The lowest BCUT2D eigenvalue weighted by Crippen LogP contribution is -2.27. The van der Waals surface area contributed by atoms with Crippen molar-refractivity contribution in [3.8, 4) is 5.75 Å². The molecule has 1 fully saturated rings. The molecule has 1 atom stereocenters. The molecule has 0 bridgehead atoms. The monoisotopic (exact) mass is 292 g/mol. The second-order valence-corrected chi connectivity index (χ2v) is 6.16. The number of ether oxygens (including phenoxy) is 2. The van der Waals surface area contributed by atoms with Gasteiger partial charge in [0.25, 0.3) is 0 Å². The molecule has 0 saturated carbocycles. The lowest BCUT2D eigenvalue weighted by atomic mass is 10.0. The summed E-state index contributed by atoms with van der Waals surface area (Å²) in [6, 6.07) is 4.21. The summed E-state index contributed by atoms with van der Waals surface area (Å²) in [5.41, 5.74) is 2.21. The molecule has 21 heavy (non-hydrogen) atoms. The molecule has 0 aliphatic carbocycles. The van der Waals surface area contributed by atoms with E-state index in [0.717, 1.165) is 56.2 Å². The van der Waals surface area contributed by atoms with Crippen LogP contribution in [-0.4, -0.2) is 43.3 Å². The topological polar surface area (TPSA) is 34.6 Å². The Morgan fingerprint density at radius 1 is 1.33 bits per heavy atom. The summed E-state index contributed by atoms with van der Waals surface area (Å²) in [6.45, 7) is 6.83. The summed E-state index contributed by atoms with van der Waals surface area (Å²) in [4.78, 5) is 6.99. The summed E-state index contributed by atoms with van der Waals surface area (Å²) >= 11 is 0. The molecule has 2 heterocycles. The zero-order valence-electron chi connectivity index (χ0n) is 13.8. The van der Waals surface area contributed by atoms with E-state index in [1.54, 1.807) is 0 Å². The fourth-order valence-electron chi connectivity index (χ4n) is 2.48. The lowest BCUT2D eigenvalue weighted by molar-refractivity contribution is 0.0247. The van der Waals surface area contributed by atoms with Gasteiger partial charge in [0.2, 0.25) is 0 Å². The highest BCUT2D eigenvalue weighted by molar-refractivity contribution is 5.31. The minimum Gasteiger partial charge on any atom is -0.488 e. The van der Waals surface area contributed by atoms with Crippen molar-refractivity contribution in [3.05, 3.63) is 23.5 Å². The van der Waals surface area contributed by atoms with Crippen molar-refractivity contribution in [1.82, 2.24) is 9.88 Å². The highest BCUT2D eigenvalue weighted by Crippen LogP contribution is 2.26. The van der Waals surface area contributed by atoms with Gasteiger partial charge in [-0.25, -0.2) is 0 Å². The third-order valence-electron chi connectivity index (χ3n) is 4.00. The fraction of sp³-hybridized carbons (Fsp3) is 0.706. The summed E-state index contributed by atoms with van der Waals surface area (Å²) in [7, 11) is 4.13. The predicted molar refractivity (Wildman–Crippen MR) is 84.8 cm³/mol. The second-order valence-electron chi connectivity index (χ2n) is 6.16. The molecule has 4 heteroatoms. The van der Waals surface area contributed by atoms with Gasteiger partial charge in [0, 0.05) is 25.1 Å². The highest BCUT2D eigenvalue weighted by atomic mass is 16.5. The number of aromatic nitrogens is 1. The van der Waals surface area contributed by atoms with Gasteiger partial charge in [-0.1, -0.05) is 13.8 Å². The Bertz CT molecular complexity index is 442. The van der Waals surface area contributed by atoms with E-state index in [1.165, 1.54) is 0 Å². The average Bonchev–Trinajstić information content (AvgIpc) is 2.48. The van der Waals surface area contributed by atoms with Crippen molar-refractivity contribution in [2.45, 2.75) is 51.7 Å². The minimum atomic E-state index is 0.260. The molecule has 0 N–H and O–H groups in total. The van der Waals surface area contributed by atoms with E-state index in [9.17, 15) is 0 Å². The first-order chi connectivity index (χ1) is 10.1. The van der Waals surface area contributed by atoms with Crippen LogP contribution in [0.5, 0.6) is 5.75 Å². The zero-order chi connectivity index (χ0) is 15.2. The zero-order valence-corrected chi connectivity index (χ0v) is 13.8. The van der Waals surface area contributed by atoms with Crippen LogP contribution in [0.4, 0.5) is 0 Å². The van der Waals surface area contributed by atoms with E-state index < -0.39 is 0 Å². The van der Waals surface area contributed by atoms with E-state index >= 15 is 0 Å². The number of pyridine rings is 1. The third-order valence-corrected chi connectivity index (χ3v) is 4.00. The van der Waals surface area contributed by atoms with E-state index in [0.29, 0.717) is 5.92 Å². The van der Waals surface area contributed by atoms with Gasteiger partial charge >= 0.3 is 0 Å². The van der Waals surface area contributed by atoms with E-state index in [1.807, 2.05) is 0 Å². The summed E-state index contributed by atoms with van der Waals surface area (Å²) in [5, 5.41) is 0.